The lowest BCUT2D eigenvalue weighted by Gasteiger charge is -2.19. The van der Waals surface area contributed by atoms with Crippen LogP contribution in [-0.4, -0.2) is 31.3 Å². The highest BCUT2D eigenvalue weighted by Gasteiger charge is 2.32. The van der Waals surface area contributed by atoms with Crippen molar-refractivity contribution >= 4 is 23.4 Å². The van der Waals surface area contributed by atoms with E-state index in [0.717, 1.165) is 19.2 Å². The van der Waals surface area contributed by atoms with E-state index in [1.165, 1.54) is 18.2 Å². The van der Waals surface area contributed by atoms with E-state index in [4.69, 9.17) is 4.74 Å². The summed E-state index contributed by atoms with van der Waals surface area (Å²) < 4.78 is 62.9. The van der Waals surface area contributed by atoms with Crippen LogP contribution in [0.4, 0.5) is 33.7 Å². The molecule has 0 spiro atoms. The molecule has 0 aliphatic carbocycles. The number of unbranched alkanes of at least 4 members (excludes halogenated alkanes) is 1. The predicted octanol–water partition coefficient (Wildman–Crippen LogP) is 6.22. The Morgan fingerprint density at radius 1 is 0.971 bits per heavy atom. The van der Waals surface area contributed by atoms with E-state index < -0.39 is 35.2 Å². The number of carbonyl (C=O) groups excluding carboxylic acids is 2. The zero-order valence-corrected chi connectivity index (χ0v) is 19.4. The molecule has 0 radical (unpaired) electrons. The molecule has 0 heterocycles. The number of aryl methyl sites for hydroxylation is 1. The van der Waals surface area contributed by atoms with Crippen molar-refractivity contribution < 1.29 is 36.6 Å². The summed E-state index contributed by atoms with van der Waals surface area (Å²) in [6.07, 6.45) is -3.56. The zero-order valence-electron chi connectivity index (χ0n) is 19.4. The summed E-state index contributed by atoms with van der Waals surface area (Å²) in [5.41, 5.74) is -0.795. The van der Waals surface area contributed by atoms with Gasteiger partial charge < -0.3 is 20.1 Å². The molecule has 0 saturated carbocycles. The number of benzene rings is 2. The van der Waals surface area contributed by atoms with Crippen molar-refractivity contribution in [1.29, 1.82) is 0 Å². The minimum atomic E-state index is -4.63. The summed E-state index contributed by atoms with van der Waals surface area (Å²) in [5, 5.41) is 5.56. The molecule has 0 unspecified atom stereocenters. The molecule has 0 aromatic heterocycles. The van der Waals surface area contributed by atoms with Crippen molar-refractivity contribution in [2.75, 3.05) is 19.0 Å². The number of hydrogen-bond donors (Lipinski definition) is 2. The summed E-state index contributed by atoms with van der Waals surface area (Å²) in [7, 11) is 1.07. The number of alkyl halides is 3. The van der Waals surface area contributed by atoms with Crippen LogP contribution in [-0.2, 0) is 22.1 Å². The van der Waals surface area contributed by atoms with Gasteiger partial charge in [0.1, 0.15) is 11.4 Å². The lowest BCUT2D eigenvalue weighted by atomic mass is 10.0. The quantitative estimate of drug-likeness (QED) is 0.264. The normalized spacial score (nSPS) is 11.6. The van der Waals surface area contributed by atoms with E-state index in [-0.39, 0.29) is 11.3 Å². The van der Waals surface area contributed by atoms with E-state index in [9.17, 15) is 27.2 Å². The van der Waals surface area contributed by atoms with Gasteiger partial charge in [0.15, 0.2) is 0 Å². The molecule has 2 aromatic carbocycles. The van der Waals surface area contributed by atoms with Crippen LogP contribution in [0.15, 0.2) is 36.4 Å². The predicted molar refractivity (Wildman–Crippen MR) is 120 cm³/mol. The van der Waals surface area contributed by atoms with E-state index >= 15 is 0 Å². The highest BCUT2D eigenvalue weighted by Crippen LogP contribution is 2.33. The highest BCUT2D eigenvalue weighted by atomic mass is 19.4. The van der Waals surface area contributed by atoms with Gasteiger partial charge in [0.2, 0.25) is 0 Å². The van der Waals surface area contributed by atoms with Crippen LogP contribution in [0.3, 0.4) is 0 Å². The molecule has 6 nitrogen and oxygen atoms in total. The van der Waals surface area contributed by atoms with Gasteiger partial charge in [0.05, 0.1) is 23.9 Å². The van der Waals surface area contributed by atoms with Crippen molar-refractivity contribution in [2.45, 2.75) is 51.8 Å². The second-order valence-corrected chi connectivity index (χ2v) is 8.56. The maximum atomic E-state index is 13.9. The average molecular weight is 484 g/mol. The topological polar surface area (TPSA) is 76.7 Å². The Morgan fingerprint density at radius 3 is 2.26 bits per heavy atom. The molecule has 2 N–H and O–H groups in total. The SMILES string of the molecule is COC(=O)c1cc(C(F)(F)F)ccc1Nc1ccc(F)cc1CCCCNC(=O)OC(C)(C)C. The Morgan fingerprint density at radius 2 is 1.65 bits per heavy atom. The largest absolute Gasteiger partial charge is 0.465 e. The van der Waals surface area contributed by atoms with Crippen LogP contribution in [0.2, 0.25) is 0 Å². The van der Waals surface area contributed by atoms with E-state index in [1.54, 1.807) is 20.8 Å². The molecule has 0 fully saturated rings. The first kappa shape index (κ1) is 26.9. The summed E-state index contributed by atoms with van der Waals surface area (Å²) in [5.74, 6) is -1.42. The first-order valence-electron chi connectivity index (χ1n) is 10.6. The number of ether oxygens (including phenoxy) is 2. The van der Waals surface area contributed by atoms with Gasteiger partial charge in [-0.3, -0.25) is 0 Å². The molecular weight excluding hydrogens is 456 g/mol. The van der Waals surface area contributed by atoms with Crippen LogP contribution in [0.5, 0.6) is 0 Å². The number of carbonyl (C=O) groups is 2. The molecule has 186 valence electrons. The average Bonchev–Trinajstić information content (AvgIpc) is 2.72. The number of halogens is 4. The summed E-state index contributed by atoms with van der Waals surface area (Å²) in [6, 6.07) is 6.65. The number of amides is 1. The van der Waals surface area contributed by atoms with Crippen LogP contribution in [0.25, 0.3) is 0 Å². The fraction of sp³-hybridized carbons (Fsp3) is 0.417. The minimum Gasteiger partial charge on any atom is -0.465 e. The first-order valence-corrected chi connectivity index (χ1v) is 10.6. The van der Waals surface area contributed by atoms with Crippen molar-refractivity contribution in [3.8, 4) is 0 Å². The van der Waals surface area contributed by atoms with E-state index in [0.29, 0.717) is 43.1 Å². The molecule has 0 saturated heterocycles. The Bertz CT molecular complexity index is 1020. The maximum Gasteiger partial charge on any atom is 0.416 e. The van der Waals surface area contributed by atoms with E-state index in [1.807, 2.05) is 0 Å². The molecule has 0 aliphatic rings. The van der Waals surface area contributed by atoms with Crippen LogP contribution in [0, 0.1) is 5.82 Å². The van der Waals surface area contributed by atoms with Gasteiger partial charge >= 0.3 is 18.2 Å². The van der Waals surface area contributed by atoms with Crippen molar-refractivity contribution in [1.82, 2.24) is 5.32 Å². The fourth-order valence-corrected chi connectivity index (χ4v) is 3.09. The molecule has 2 aromatic rings. The van der Waals surface area contributed by atoms with E-state index in [2.05, 4.69) is 15.4 Å². The number of rotatable bonds is 8. The third-order valence-electron chi connectivity index (χ3n) is 4.63. The van der Waals surface area contributed by atoms with Gasteiger partial charge in [-0.15, -0.1) is 0 Å². The Balaban J connectivity index is 2.12. The smallest absolute Gasteiger partial charge is 0.416 e. The third-order valence-corrected chi connectivity index (χ3v) is 4.63. The van der Waals surface area contributed by atoms with Gasteiger partial charge in [-0.1, -0.05) is 0 Å². The Hall–Kier alpha value is -3.30. The number of methoxy groups -OCH3 is 1. The van der Waals surface area contributed by atoms with Gasteiger partial charge in [0.25, 0.3) is 0 Å². The second-order valence-electron chi connectivity index (χ2n) is 8.56. The lowest BCUT2D eigenvalue weighted by molar-refractivity contribution is -0.137. The number of nitrogens with one attached hydrogen (secondary N) is 2. The van der Waals surface area contributed by atoms with Gasteiger partial charge in [0, 0.05) is 12.2 Å². The van der Waals surface area contributed by atoms with Crippen molar-refractivity contribution in [3.63, 3.8) is 0 Å². The zero-order chi connectivity index (χ0) is 25.5. The summed E-state index contributed by atoms with van der Waals surface area (Å²) >= 11 is 0. The molecule has 0 bridgehead atoms. The van der Waals surface area contributed by atoms with Gasteiger partial charge in [-0.2, -0.15) is 13.2 Å². The highest BCUT2D eigenvalue weighted by molar-refractivity contribution is 5.97. The minimum absolute atomic E-state index is 0.0966. The molecule has 0 atom stereocenters. The Labute approximate surface area is 195 Å². The molecule has 34 heavy (non-hydrogen) atoms. The van der Waals surface area contributed by atoms with Gasteiger partial charge in [-0.05, 0) is 82.0 Å². The number of hydrogen-bond acceptors (Lipinski definition) is 5. The second kappa shape index (κ2) is 11.2. The number of anilines is 2. The summed E-state index contributed by atoms with van der Waals surface area (Å²) in [6.45, 7) is 5.63. The fourth-order valence-electron chi connectivity index (χ4n) is 3.09. The first-order chi connectivity index (χ1) is 15.8. The standard InChI is InChI=1S/C24H28F4N2O4/c1-23(2,3)34-22(32)29-12-6-5-7-15-13-17(25)9-11-19(15)30-20-10-8-16(24(26,27)28)14-18(20)21(31)33-4/h8-11,13-14,30H,5-7,12H2,1-4H3,(H,29,32). The Kier molecular flexibility index (Phi) is 8.89. The van der Waals surface area contributed by atoms with Crippen LogP contribution < -0.4 is 10.6 Å². The third kappa shape index (κ3) is 8.24. The van der Waals surface area contributed by atoms with Gasteiger partial charge in [-0.25, -0.2) is 14.0 Å². The molecule has 2 rings (SSSR count). The molecule has 0 aliphatic heterocycles. The van der Waals surface area contributed by atoms with Crippen molar-refractivity contribution in [2.24, 2.45) is 0 Å². The molecule has 10 heteroatoms. The van der Waals surface area contributed by atoms with Crippen LogP contribution >= 0.6 is 0 Å². The van der Waals surface area contributed by atoms with Crippen LogP contribution in [0.1, 0.15) is 55.1 Å². The van der Waals surface area contributed by atoms with Crippen molar-refractivity contribution in [3.05, 3.63) is 58.9 Å². The number of alkyl carbamates (subject to hydrolysis) is 1. The molecule has 1 amide bonds. The maximum absolute atomic E-state index is 13.9. The monoisotopic (exact) mass is 484 g/mol. The lowest BCUT2D eigenvalue weighted by Crippen LogP contribution is -2.33. The summed E-state index contributed by atoms with van der Waals surface area (Å²) in [4.78, 5) is 23.8. The molecular formula is C24H28F4N2O4. The number of esters is 1.